The van der Waals surface area contributed by atoms with E-state index in [4.69, 9.17) is 4.52 Å². The lowest BCUT2D eigenvalue weighted by Crippen LogP contribution is -2.28. The van der Waals surface area contributed by atoms with Crippen molar-refractivity contribution >= 4 is 5.91 Å². The summed E-state index contributed by atoms with van der Waals surface area (Å²) in [6, 6.07) is 5.64. The van der Waals surface area contributed by atoms with E-state index in [1.165, 1.54) is 0 Å². The zero-order valence-corrected chi connectivity index (χ0v) is 14.6. The molecule has 3 aromatic rings. The quantitative estimate of drug-likeness (QED) is 0.690. The van der Waals surface area contributed by atoms with E-state index in [0.717, 1.165) is 17.1 Å². The van der Waals surface area contributed by atoms with Crippen LogP contribution in [-0.4, -0.2) is 37.5 Å². The number of carbonyl (C=O) groups is 1. The number of carbonyl (C=O) groups excluding carboxylic acids is 1. The van der Waals surface area contributed by atoms with Gasteiger partial charge in [0.05, 0.1) is 6.54 Å². The molecule has 0 radical (unpaired) electrons. The first-order chi connectivity index (χ1) is 12.0. The average molecular weight is 339 g/mol. The van der Waals surface area contributed by atoms with E-state index in [1.807, 2.05) is 42.8 Å². The van der Waals surface area contributed by atoms with Gasteiger partial charge in [0.1, 0.15) is 11.5 Å². The van der Waals surface area contributed by atoms with Gasteiger partial charge in [-0.25, -0.2) is 4.98 Å². The Kier molecular flexibility index (Phi) is 4.92. The second kappa shape index (κ2) is 7.29. The van der Waals surface area contributed by atoms with Gasteiger partial charge in [-0.15, -0.1) is 0 Å². The Labute approximate surface area is 146 Å². The Bertz CT molecular complexity index is 840. The molecule has 1 amide bonds. The third-order valence-corrected chi connectivity index (χ3v) is 4.16. The number of nitrogens with zero attached hydrogens (tertiary/aromatic N) is 5. The Hall–Kier alpha value is -2.96. The Morgan fingerprint density at radius 1 is 1.32 bits per heavy atom. The molecular formula is C18H21N5O2. The molecule has 25 heavy (non-hydrogen) atoms. The lowest BCUT2D eigenvalue weighted by Gasteiger charge is -2.20. The van der Waals surface area contributed by atoms with Gasteiger partial charge in [-0.3, -0.25) is 9.78 Å². The van der Waals surface area contributed by atoms with Gasteiger partial charge in [0.15, 0.2) is 5.76 Å². The van der Waals surface area contributed by atoms with E-state index in [2.05, 4.69) is 15.1 Å². The minimum absolute atomic E-state index is 0.0439. The van der Waals surface area contributed by atoms with Crippen molar-refractivity contribution in [2.75, 3.05) is 7.05 Å². The van der Waals surface area contributed by atoms with Gasteiger partial charge < -0.3 is 14.0 Å². The number of aromatic nitrogens is 4. The summed E-state index contributed by atoms with van der Waals surface area (Å²) in [5.41, 5.74) is 1.67. The maximum Gasteiger partial charge on any atom is 0.224 e. The van der Waals surface area contributed by atoms with E-state index in [-0.39, 0.29) is 11.9 Å². The number of amides is 1. The molecule has 0 aliphatic heterocycles. The van der Waals surface area contributed by atoms with Gasteiger partial charge in [0.25, 0.3) is 0 Å². The monoisotopic (exact) mass is 339 g/mol. The summed E-state index contributed by atoms with van der Waals surface area (Å²) in [6.45, 7) is 4.32. The molecule has 0 unspecified atom stereocenters. The van der Waals surface area contributed by atoms with Crippen molar-refractivity contribution < 1.29 is 9.32 Å². The van der Waals surface area contributed by atoms with Crippen molar-refractivity contribution in [3.05, 3.63) is 54.6 Å². The molecule has 0 saturated carbocycles. The van der Waals surface area contributed by atoms with Crippen molar-refractivity contribution in [3.8, 4) is 11.3 Å². The van der Waals surface area contributed by atoms with Crippen molar-refractivity contribution in [2.24, 2.45) is 0 Å². The zero-order chi connectivity index (χ0) is 17.8. The van der Waals surface area contributed by atoms with Crippen LogP contribution in [0.3, 0.4) is 0 Å². The predicted molar refractivity (Wildman–Crippen MR) is 92.5 cm³/mol. The normalized spacial score (nSPS) is 12.1. The highest BCUT2D eigenvalue weighted by Gasteiger charge is 2.17. The summed E-state index contributed by atoms with van der Waals surface area (Å²) in [5, 5.41) is 4.06. The fourth-order valence-electron chi connectivity index (χ4n) is 2.73. The SMILES string of the molecule is Cc1nccn1[C@H](C)CC(=O)N(C)Cc1cc(-c2ccncc2)no1. The third kappa shape index (κ3) is 3.93. The minimum Gasteiger partial charge on any atom is -0.359 e. The summed E-state index contributed by atoms with van der Waals surface area (Å²) in [7, 11) is 1.77. The molecule has 1 atom stereocenters. The van der Waals surface area contributed by atoms with E-state index in [0.29, 0.717) is 18.7 Å². The lowest BCUT2D eigenvalue weighted by atomic mass is 10.2. The molecule has 0 bridgehead atoms. The highest BCUT2D eigenvalue weighted by molar-refractivity contribution is 5.76. The molecule has 3 heterocycles. The molecule has 0 aliphatic carbocycles. The number of pyridine rings is 1. The summed E-state index contributed by atoms with van der Waals surface area (Å²) in [4.78, 5) is 22.3. The molecule has 130 valence electrons. The van der Waals surface area contributed by atoms with Crippen LogP contribution in [0.1, 0.15) is 31.0 Å². The standard InChI is InChI=1S/C18H21N5O2/c1-13(23-9-8-20-14(23)2)10-18(24)22(3)12-16-11-17(21-25-16)15-4-6-19-7-5-15/h4-9,11,13H,10,12H2,1-3H3/t13-/m1/s1. The van der Waals surface area contributed by atoms with Crippen LogP contribution < -0.4 is 0 Å². The van der Waals surface area contributed by atoms with E-state index in [1.54, 1.807) is 30.5 Å². The smallest absolute Gasteiger partial charge is 0.224 e. The predicted octanol–water partition coefficient (Wildman–Crippen LogP) is 2.85. The van der Waals surface area contributed by atoms with E-state index < -0.39 is 0 Å². The number of hydrogen-bond donors (Lipinski definition) is 0. The summed E-state index contributed by atoms with van der Waals surface area (Å²) in [5.74, 6) is 1.59. The van der Waals surface area contributed by atoms with Crippen molar-refractivity contribution in [3.63, 3.8) is 0 Å². The average Bonchev–Trinajstić information content (AvgIpc) is 3.24. The number of imidazole rings is 1. The van der Waals surface area contributed by atoms with Crippen LogP contribution in [0.2, 0.25) is 0 Å². The zero-order valence-electron chi connectivity index (χ0n) is 14.6. The second-order valence-corrected chi connectivity index (χ2v) is 6.10. The summed E-state index contributed by atoms with van der Waals surface area (Å²) < 4.78 is 7.36. The largest absolute Gasteiger partial charge is 0.359 e. The molecule has 3 rings (SSSR count). The fraction of sp³-hybridized carbons (Fsp3) is 0.333. The molecule has 0 fully saturated rings. The van der Waals surface area contributed by atoms with Crippen molar-refractivity contribution in [2.45, 2.75) is 32.9 Å². The maximum absolute atomic E-state index is 12.5. The first kappa shape index (κ1) is 16.9. The van der Waals surface area contributed by atoms with Crippen LogP contribution in [0.5, 0.6) is 0 Å². The summed E-state index contributed by atoms with van der Waals surface area (Å²) >= 11 is 0. The number of rotatable bonds is 6. The van der Waals surface area contributed by atoms with Crippen LogP contribution in [0.4, 0.5) is 0 Å². The van der Waals surface area contributed by atoms with Crippen molar-refractivity contribution in [1.29, 1.82) is 0 Å². The van der Waals surface area contributed by atoms with Crippen LogP contribution in [0, 0.1) is 6.92 Å². The summed E-state index contributed by atoms with van der Waals surface area (Å²) in [6.07, 6.45) is 7.45. The molecule has 0 spiro atoms. The molecule has 3 aromatic heterocycles. The van der Waals surface area contributed by atoms with Gasteiger partial charge in [0.2, 0.25) is 5.91 Å². The molecule has 7 heteroatoms. The highest BCUT2D eigenvalue weighted by atomic mass is 16.5. The van der Waals surface area contributed by atoms with Gasteiger partial charge in [0, 0.05) is 55.9 Å². The van der Waals surface area contributed by atoms with Crippen LogP contribution in [0.25, 0.3) is 11.3 Å². The van der Waals surface area contributed by atoms with Gasteiger partial charge >= 0.3 is 0 Å². The molecule has 0 saturated heterocycles. The topological polar surface area (TPSA) is 77.1 Å². The Balaban J connectivity index is 1.60. The maximum atomic E-state index is 12.5. The molecule has 0 N–H and O–H groups in total. The van der Waals surface area contributed by atoms with Crippen LogP contribution in [0.15, 0.2) is 47.5 Å². The highest BCUT2D eigenvalue weighted by Crippen LogP contribution is 2.19. The second-order valence-electron chi connectivity index (χ2n) is 6.10. The Morgan fingerprint density at radius 3 is 2.76 bits per heavy atom. The van der Waals surface area contributed by atoms with E-state index in [9.17, 15) is 4.79 Å². The van der Waals surface area contributed by atoms with Gasteiger partial charge in [-0.1, -0.05) is 5.16 Å². The first-order valence-electron chi connectivity index (χ1n) is 8.14. The van der Waals surface area contributed by atoms with Crippen molar-refractivity contribution in [1.82, 2.24) is 24.6 Å². The fourth-order valence-corrected chi connectivity index (χ4v) is 2.73. The van der Waals surface area contributed by atoms with Gasteiger partial charge in [-0.2, -0.15) is 0 Å². The third-order valence-electron chi connectivity index (χ3n) is 4.16. The molecule has 0 aliphatic rings. The first-order valence-corrected chi connectivity index (χ1v) is 8.14. The number of hydrogen-bond acceptors (Lipinski definition) is 5. The van der Waals surface area contributed by atoms with Crippen LogP contribution >= 0.6 is 0 Å². The minimum atomic E-state index is 0.0439. The number of aryl methyl sites for hydroxylation is 1. The van der Waals surface area contributed by atoms with Crippen LogP contribution in [-0.2, 0) is 11.3 Å². The van der Waals surface area contributed by atoms with Gasteiger partial charge in [-0.05, 0) is 26.0 Å². The molecule has 0 aromatic carbocycles. The lowest BCUT2D eigenvalue weighted by molar-refractivity contribution is -0.131. The Morgan fingerprint density at radius 2 is 2.08 bits per heavy atom. The van der Waals surface area contributed by atoms with E-state index >= 15 is 0 Å². The molecule has 7 nitrogen and oxygen atoms in total. The molecular weight excluding hydrogens is 318 g/mol.